The average molecular weight is 271 g/mol. The molecule has 2 aromatic rings. The van der Waals surface area contributed by atoms with Crippen molar-refractivity contribution in [3.63, 3.8) is 0 Å². The van der Waals surface area contributed by atoms with Gasteiger partial charge in [-0.2, -0.15) is 4.98 Å². The highest BCUT2D eigenvalue weighted by Gasteiger charge is 2.30. The first-order valence-electron chi connectivity index (χ1n) is 7.16. The Labute approximate surface area is 117 Å². The van der Waals surface area contributed by atoms with E-state index >= 15 is 0 Å². The molecule has 104 valence electrons. The average Bonchev–Trinajstić information content (AvgIpc) is 3.14. The second-order valence-corrected chi connectivity index (χ2v) is 5.43. The van der Waals surface area contributed by atoms with Gasteiger partial charge in [0.25, 0.3) is 0 Å². The summed E-state index contributed by atoms with van der Waals surface area (Å²) in [5.41, 5.74) is 2.40. The van der Waals surface area contributed by atoms with Crippen LogP contribution in [0, 0.1) is 0 Å². The summed E-state index contributed by atoms with van der Waals surface area (Å²) in [5.74, 6) is 1.95. The first-order valence-corrected chi connectivity index (χ1v) is 7.16. The van der Waals surface area contributed by atoms with Crippen molar-refractivity contribution < 1.29 is 9.26 Å². The van der Waals surface area contributed by atoms with Gasteiger partial charge in [0, 0.05) is 24.8 Å². The molecular weight excluding hydrogens is 254 g/mol. The fourth-order valence-corrected chi connectivity index (χ4v) is 3.00. The molecule has 20 heavy (non-hydrogen) atoms. The van der Waals surface area contributed by atoms with Gasteiger partial charge in [0.2, 0.25) is 5.89 Å². The van der Waals surface area contributed by atoms with Crippen molar-refractivity contribution in [3.05, 3.63) is 41.5 Å². The Kier molecular flexibility index (Phi) is 2.92. The van der Waals surface area contributed by atoms with Crippen molar-refractivity contribution >= 4 is 5.69 Å². The van der Waals surface area contributed by atoms with E-state index in [4.69, 9.17) is 9.26 Å². The highest BCUT2D eigenvalue weighted by molar-refractivity contribution is 5.59. The smallest absolute Gasteiger partial charge is 0.236 e. The van der Waals surface area contributed by atoms with Crippen LogP contribution in [0.25, 0.3) is 0 Å². The van der Waals surface area contributed by atoms with Crippen LogP contribution in [0.1, 0.15) is 42.0 Å². The van der Waals surface area contributed by atoms with Crippen LogP contribution >= 0.6 is 0 Å². The van der Waals surface area contributed by atoms with Crippen LogP contribution in [0.2, 0.25) is 0 Å². The van der Waals surface area contributed by atoms with Gasteiger partial charge in [0.1, 0.15) is 0 Å². The molecular formula is C15H17N3O2. The van der Waals surface area contributed by atoms with E-state index in [2.05, 4.69) is 27.6 Å². The Bertz CT molecular complexity index is 605. The lowest BCUT2D eigenvalue weighted by atomic mass is 10.0. The first-order chi connectivity index (χ1) is 9.92. The lowest BCUT2D eigenvalue weighted by molar-refractivity contribution is 0.0773. The van der Waals surface area contributed by atoms with Gasteiger partial charge in [-0.25, -0.2) is 0 Å². The van der Waals surface area contributed by atoms with Crippen molar-refractivity contribution in [2.75, 3.05) is 25.1 Å². The number of nitrogens with zero attached hydrogens (tertiary/aromatic N) is 2. The van der Waals surface area contributed by atoms with Crippen LogP contribution in [0.5, 0.6) is 0 Å². The van der Waals surface area contributed by atoms with Crippen LogP contribution in [-0.2, 0) is 4.74 Å². The Balaban J connectivity index is 1.59. The third kappa shape index (κ3) is 1.98. The molecule has 5 heteroatoms. The molecule has 2 aliphatic rings. The minimum Gasteiger partial charge on any atom is -0.384 e. The Morgan fingerprint density at radius 1 is 1.25 bits per heavy atom. The standard InChI is InChI=1S/C15H17N3O2/c1-2-6-13-11(5-1)12(8-16-13)15-17-14(18-20-15)10-4-3-7-19-9-10/h1-2,5-6,10,12,16H,3-4,7-9H2. The topological polar surface area (TPSA) is 60.2 Å². The molecule has 5 nitrogen and oxygen atoms in total. The number of anilines is 1. The Morgan fingerprint density at radius 2 is 2.20 bits per heavy atom. The minimum atomic E-state index is 0.164. The number of nitrogens with one attached hydrogen (secondary N) is 1. The zero-order valence-corrected chi connectivity index (χ0v) is 11.2. The number of hydrogen-bond acceptors (Lipinski definition) is 5. The van der Waals surface area contributed by atoms with Gasteiger partial charge in [0.05, 0.1) is 12.5 Å². The van der Waals surface area contributed by atoms with E-state index in [9.17, 15) is 0 Å². The van der Waals surface area contributed by atoms with Crippen LogP contribution in [0.4, 0.5) is 5.69 Å². The van der Waals surface area contributed by atoms with Gasteiger partial charge in [-0.1, -0.05) is 23.4 Å². The molecule has 0 amide bonds. The van der Waals surface area contributed by atoms with E-state index in [0.717, 1.165) is 31.8 Å². The maximum Gasteiger partial charge on any atom is 0.236 e. The molecule has 1 fully saturated rings. The van der Waals surface area contributed by atoms with Crippen LogP contribution in [0.15, 0.2) is 28.8 Å². The molecule has 1 aromatic heterocycles. The van der Waals surface area contributed by atoms with Crippen LogP contribution in [0.3, 0.4) is 0 Å². The fourth-order valence-electron chi connectivity index (χ4n) is 3.00. The van der Waals surface area contributed by atoms with Crippen molar-refractivity contribution in [2.24, 2.45) is 0 Å². The summed E-state index contributed by atoms with van der Waals surface area (Å²) >= 11 is 0. The van der Waals surface area contributed by atoms with E-state index in [1.807, 2.05) is 12.1 Å². The van der Waals surface area contributed by atoms with Crippen molar-refractivity contribution in [2.45, 2.75) is 24.7 Å². The van der Waals surface area contributed by atoms with E-state index in [1.54, 1.807) is 0 Å². The number of fused-ring (bicyclic) bond motifs is 1. The predicted molar refractivity (Wildman–Crippen MR) is 73.9 cm³/mol. The first kappa shape index (κ1) is 11.9. The number of aromatic nitrogens is 2. The Hall–Kier alpha value is -1.88. The maximum absolute atomic E-state index is 5.50. The lowest BCUT2D eigenvalue weighted by Gasteiger charge is -2.18. The van der Waals surface area contributed by atoms with Gasteiger partial charge in [0.15, 0.2) is 5.82 Å². The lowest BCUT2D eigenvalue weighted by Crippen LogP contribution is -2.16. The summed E-state index contributed by atoms with van der Waals surface area (Å²) in [6.45, 7) is 2.38. The molecule has 4 rings (SSSR count). The largest absolute Gasteiger partial charge is 0.384 e. The summed E-state index contributed by atoms with van der Waals surface area (Å²) in [6, 6.07) is 8.28. The number of rotatable bonds is 2. The van der Waals surface area contributed by atoms with E-state index in [-0.39, 0.29) is 11.8 Å². The quantitative estimate of drug-likeness (QED) is 0.909. The third-order valence-corrected chi connectivity index (χ3v) is 4.11. The normalized spacial score (nSPS) is 25.2. The summed E-state index contributed by atoms with van der Waals surface area (Å²) < 4.78 is 11.0. The van der Waals surface area contributed by atoms with Gasteiger partial charge < -0.3 is 14.6 Å². The van der Waals surface area contributed by atoms with Crippen molar-refractivity contribution in [1.29, 1.82) is 0 Å². The third-order valence-electron chi connectivity index (χ3n) is 4.11. The molecule has 0 radical (unpaired) electrons. The van der Waals surface area contributed by atoms with Crippen molar-refractivity contribution in [1.82, 2.24) is 10.1 Å². The monoisotopic (exact) mass is 271 g/mol. The van der Waals surface area contributed by atoms with E-state index in [0.29, 0.717) is 12.5 Å². The summed E-state index contributed by atoms with van der Waals surface area (Å²) in [6.07, 6.45) is 2.15. The number of benzene rings is 1. The van der Waals surface area contributed by atoms with E-state index in [1.165, 1.54) is 11.3 Å². The molecule has 1 N–H and O–H groups in total. The zero-order valence-electron chi connectivity index (χ0n) is 11.2. The SMILES string of the molecule is c1ccc2c(c1)NCC2c1nc(C2CCCOC2)no1. The molecule has 0 saturated carbocycles. The molecule has 0 spiro atoms. The zero-order chi connectivity index (χ0) is 13.4. The van der Waals surface area contributed by atoms with Crippen LogP contribution < -0.4 is 5.32 Å². The summed E-state index contributed by atoms with van der Waals surface area (Å²) in [7, 11) is 0. The molecule has 2 aliphatic heterocycles. The molecule has 2 atom stereocenters. The molecule has 2 unspecified atom stereocenters. The molecule has 3 heterocycles. The Morgan fingerprint density at radius 3 is 3.10 bits per heavy atom. The molecule has 0 bridgehead atoms. The predicted octanol–water partition coefficient (Wildman–Crippen LogP) is 2.52. The summed E-state index contributed by atoms with van der Waals surface area (Å²) in [4.78, 5) is 4.62. The minimum absolute atomic E-state index is 0.164. The number of ether oxygens (including phenoxy) is 1. The second-order valence-electron chi connectivity index (χ2n) is 5.43. The van der Waals surface area contributed by atoms with Gasteiger partial charge in [-0.3, -0.25) is 0 Å². The highest BCUT2D eigenvalue weighted by Crippen LogP contribution is 2.35. The van der Waals surface area contributed by atoms with Gasteiger partial charge in [-0.05, 0) is 24.5 Å². The number of hydrogen-bond donors (Lipinski definition) is 1. The van der Waals surface area contributed by atoms with Gasteiger partial charge in [-0.15, -0.1) is 0 Å². The highest BCUT2D eigenvalue weighted by atomic mass is 16.5. The van der Waals surface area contributed by atoms with Gasteiger partial charge >= 0.3 is 0 Å². The van der Waals surface area contributed by atoms with Crippen molar-refractivity contribution in [3.8, 4) is 0 Å². The number of para-hydroxylation sites is 1. The maximum atomic E-state index is 5.50. The molecule has 1 saturated heterocycles. The summed E-state index contributed by atoms with van der Waals surface area (Å²) in [5, 5.41) is 7.55. The molecule has 1 aromatic carbocycles. The van der Waals surface area contributed by atoms with E-state index < -0.39 is 0 Å². The molecule has 0 aliphatic carbocycles. The second kappa shape index (κ2) is 4.90. The van der Waals surface area contributed by atoms with Crippen LogP contribution in [-0.4, -0.2) is 29.9 Å². The fraction of sp³-hybridized carbons (Fsp3) is 0.467.